The number of piperidine rings is 1. The smallest absolute Gasteiger partial charge is 0.246 e. The Balaban J connectivity index is 1.41. The molecule has 0 saturated carbocycles. The first-order chi connectivity index (χ1) is 13.1. The van der Waals surface area contributed by atoms with Crippen molar-refractivity contribution >= 4 is 23.5 Å². The van der Waals surface area contributed by atoms with E-state index in [1.165, 1.54) is 5.56 Å². The van der Waals surface area contributed by atoms with Crippen molar-refractivity contribution in [1.82, 2.24) is 20.1 Å². The summed E-state index contributed by atoms with van der Waals surface area (Å²) < 4.78 is 5.98. The Bertz CT molecular complexity index is 743. The first-order valence-electron chi connectivity index (χ1n) is 9.63. The lowest BCUT2D eigenvalue weighted by Crippen LogP contribution is -2.56. The summed E-state index contributed by atoms with van der Waals surface area (Å²) in [4.78, 5) is 9.12. The van der Waals surface area contributed by atoms with Crippen molar-refractivity contribution in [3.63, 3.8) is 0 Å². The van der Waals surface area contributed by atoms with Gasteiger partial charge >= 0.3 is 0 Å². The number of hydrogen-bond donors (Lipinski definition) is 2. The molecule has 8 heteroatoms. The highest BCUT2D eigenvalue weighted by atomic mass is 35.5. The number of nitrogens with one attached hydrogen (secondary N) is 1. The molecule has 1 aromatic carbocycles. The van der Waals surface area contributed by atoms with Gasteiger partial charge in [-0.2, -0.15) is 4.98 Å². The zero-order valence-electron chi connectivity index (χ0n) is 15.6. The lowest BCUT2D eigenvalue weighted by atomic mass is 9.96. The summed E-state index contributed by atoms with van der Waals surface area (Å²) in [5, 5.41) is 7.69. The Morgan fingerprint density at radius 2 is 2.00 bits per heavy atom. The lowest BCUT2D eigenvalue weighted by Gasteiger charge is -2.46. The van der Waals surface area contributed by atoms with E-state index < -0.39 is 0 Å². The molecule has 2 aliphatic heterocycles. The second-order valence-electron chi connectivity index (χ2n) is 7.56. The van der Waals surface area contributed by atoms with Crippen LogP contribution in [-0.4, -0.2) is 64.5 Å². The van der Waals surface area contributed by atoms with Gasteiger partial charge in [0.05, 0.1) is 12.7 Å². The molecule has 1 aromatic heterocycles. The van der Waals surface area contributed by atoms with Crippen LogP contribution in [0.25, 0.3) is 0 Å². The summed E-state index contributed by atoms with van der Waals surface area (Å²) in [5.41, 5.74) is 6.97. The minimum Gasteiger partial charge on any atom is -0.376 e. The predicted octanol–water partition coefficient (Wildman–Crippen LogP) is 2.34. The second kappa shape index (κ2) is 8.04. The van der Waals surface area contributed by atoms with Gasteiger partial charge in [0.2, 0.25) is 11.9 Å². The van der Waals surface area contributed by atoms with Gasteiger partial charge in [0, 0.05) is 36.7 Å². The molecule has 2 saturated heterocycles. The molecule has 0 radical (unpaired) electrons. The highest BCUT2D eigenvalue weighted by Gasteiger charge is 2.34. The SMILES string of the molecule is C[C@@H]1CN(C2CCN(c3n[nH]c(N)n3)CC2)[C@@H](Cc2ccc(Cl)cc2)CO1. The van der Waals surface area contributed by atoms with E-state index in [4.69, 9.17) is 22.1 Å². The summed E-state index contributed by atoms with van der Waals surface area (Å²) in [6.45, 7) is 5.82. The minimum absolute atomic E-state index is 0.275. The number of H-pyrrole nitrogens is 1. The van der Waals surface area contributed by atoms with Crippen molar-refractivity contribution in [2.45, 2.75) is 44.4 Å². The summed E-state index contributed by atoms with van der Waals surface area (Å²) in [6.07, 6.45) is 3.45. The molecule has 0 bridgehead atoms. The molecule has 2 aliphatic rings. The topological polar surface area (TPSA) is 83.3 Å². The largest absolute Gasteiger partial charge is 0.376 e. The number of halogens is 1. The van der Waals surface area contributed by atoms with Gasteiger partial charge in [-0.15, -0.1) is 5.10 Å². The number of benzene rings is 1. The van der Waals surface area contributed by atoms with Gasteiger partial charge in [0.1, 0.15) is 0 Å². The maximum atomic E-state index is 6.03. The molecule has 7 nitrogen and oxygen atoms in total. The third kappa shape index (κ3) is 4.36. The first kappa shape index (κ1) is 18.5. The number of aromatic amines is 1. The Labute approximate surface area is 164 Å². The summed E-state index contributed by atoms with van der Waals surface area (Å²) in [7, 11) is 0. The fraction of sp³-hybridized carbons (Fsp3) is 0.579. The van der Waals surface area contributed by atoms with Crippen LogP contribution in [0.2, 0.25) is 5.02 Å². The molecule has 2 fully saturated rings. The van der Waals surface area contributed by atoms with Crippen molar-refractivity contribution in [2.24, 2.45) is 0 Å². The second-order valence-corrected chi connectivity index (χ2v) is 8.00. The molecule has 4 rings (SSSR count). The Morgan fingerprint density at radius 1 is 1.26 bits per heavy atom. The van der Waals surface area contributed by atoms with Crippen LogP contribution in [0, 0.1) is 0 Å². The van der Waals surface area contributed by atoms with Crippen LogP contribution in [0.15, 0.2) is 24.3 Å². The number of anilines is 2. The van der Waals surface area contributed by atoms with E-state index in [0.29, 0.717) is 24.0 Å². The molecule has 3 N–H and O–H groups in total. The Morgan fingerprint density at radius 3 is 2.67 bits per heavy atom. The van der Waals surface area contributed by atoms with Gasteiger partial charge in [-0.05, 0) is 43.9 Å². The van der Waals surface area contributed by atoms with E-state index in [1.807, 2.05) is 12.1 Å². The number of aromatic nitrogens is 3. The van der Waals surface area contributed by atoms with E-state index in [9.17, 15) is 0 Å². The van der Waals surface area contributed by atoms with Gasteiger partial charge in [-0.1, -0.05) is 23.7 Å². The average Bonchev–Trinajstić information content (AvgIpc) is 3.11. The zero-order valence-corrected chi connectivity index (χ0v) is 16.4. The van der Waals surface area contributed by atoms with Crippen molar-refractivity contribution in [2.75, 3.05) is 36.9 Å². The normalized spacial score (nSPS) is 25.0. The van der Waals surface area contributed by atoms with Crippen LogP contribution in [0.5, 0.6) is 0 Å². The maximum absolute atomic E-state index is 6.03. The van der Waals surface area contributed by atoms with Gasteiger partial charge in [-0.25, -0.2) is 5.10 Å². The number of nitrogens with zero attached hydrogens (tertiary/aromatic N) is 4. The van der Waals surface area contributed by atoms with E-state index in [-0.39, 0.29) is 6.10 Å². The minimum atomic E-state index is 0.275. The van der Waals surface area contributed by atoms with Gasteiger partial charge in [0.25, 0.3) is 0 Å². The predicted molar refractivity (Wildman–Crippen MR) is 107 cm³/mol. The highest BCUT2D eigenvalue weighted by Crippen LogP contribution is 2.26. The number of nitrogen functional groups attached to an aromatic ring is 1. The number of ether oxygens (including phenoxy) is 1. The van der Waals surface area contributed by atoms with E-state index in [1.54, 1.807) is 0 Å². The maximum Gasteiger partial charge on any atom is 0.246 e. The molecule has 146 valence electrons. The van der Waals surface area contributed by atoms with Crippen molar-refractivity contribution in [3.05, 3.63) is 34.9 Å². The van der Waals surface area contributed by atoms with Gasteiger partial charge in [0.15, 0.2) is 0 Å². The number of nitrogens with two attached hydrogens (primary N) is 1. The fourth-order valence-corrected chi connectivity index (χ4v) is 4.32. The fourth-order valence-electron chi connectivity index (χ4n) is 4.19. The molecule has 0 aliphatic carbocycles. The van der Waals surface area contributed by atoms with E-state index >= 15 is 0 Å². The number of hydrogen-bond acceptors (Lipinski definition) is 6. The van der Waals surface area contributed by atoms with Crippen LogP contribution < -0.4 is 10.6 Å². The lowest BCUT2D eigenvalue weighted by molar-refractivity contribution is -0.0745. The molecular formula is C19H27ClN6O. The molecule has 3 heterocycles. The summed E-state index contributed by atoms with van der Waals surface area (Å²) in [6, 6.07) is 9.13. The van der Waals surface area contributed by atoms with E-state index in [2.05, 4.69) is 44.0 Å². The monoisotopic (exact) mass is 390 g/mol. The average molecular weight is 391 g/mol. The quantitative estimate of drug-likeness (QED) is 0.833. The van der Waals surface area contributed by atoms with Crippen LogP contribution in [0.4, 0.5) is 11.9 Å². The summed E-state index contributed by atoms with van der Waals surface area (Å²) in [5.74, 6) is 1.08. The number of rotatable bonds is 4. The van der Waals surface area contributed by atoms with Crippen LogP contribution in [0.3, 0.4) is 0 Å². The molecule has 0 spiro atoms. The standard InChI is InChI=1S/C19H27ClN6O/c1-13-11-26(17(12-27-13)10-14-2-4-15(20)5-3-14)16-6-8-25(9-7-16)19-22-18(21)23-24-19/h2-5,13,16-17H,6-12H2,1H3,(H3,21,22,23,24)/t13-,17+/m1/s1. The molecule has 2 atom stereocenters. The summed E-state index contributed by atoms with van der Waals surface area (Å²) >= 11 is 6.03. The van der Waals surface area contributed by atoms with Gasteiger partial charge < -0.3 is 15.4 Å². The molecule has 0 unspecified atom stereocenters. The van der Waals surface area contributed by atoms with E-state index in [0.717, 1.165) is 50.5 Å². The van der Waals surface area contributed by atoms with Crippen LogP contribution >= 0.6 is 11.6 Å². The number of morpholine rings is 1. The van der Waals surface area contributed by atoms with Crippen molar-refractivity contribution in [1.29, 1.82) is 0 Å². The molecular weight excluding hydrogens is 364 g/mol. The highest BCUT2D eigenvalue weighted by molar-refractivity contribution is 6.30. The molecule has 0 amide bonds. The van der Waals surface area contributed by atoms with Crippen LogP contribution in [0.1, 0.15) is 25.3 Å². The Kier molecular flexibility index (Phi) is 5.52. The zero-order chi connectivity index (χ0) is 18.8. The Hall–Kier alpha value is -1.83. The molecule has 2 aromatic rings. The van der Waals surface area contributed by atoms with Crippen molar-refractivity contribution < 1.29 is 4.74 Å². The third-order valence-electron chi connectivity index (χ3n) is 5.60. The van der Waals surface area contributed by atoms with Crippen molar-refractivity contribution in [3.8, 4) is 0 Å². The van der Waals surface area contributed by atoms with Crippen LogP contribution in [-0.2, 0) is 11.2 Å². The molecule has 27 heavy (non-hydrogen) atoms. The van der Waals surface area contributed by atoms with Gasteiger partial charge in [-0.3, -0.25) is 4.90 Å². The first-order valence-corrected chi connectivity index (χ1v) is 10.0. The third-order valence-corrected chi connectivity index (χ3v) is 5.85.